The molecule has 6 heteroatoms. The van der Waals surface area contributed by atoms with Crippen LogP contribution in [0.4, 0.5) is 4.39 Å². The van der Waals surface area contributed by atoms with Gasteiger partial charge in [0, 0.05) is 6.54 Å². The number of carbonyl (C=O) groups is 1. The molecule has 1 amide bonds. The predicted molar refractivity (Wildman–Crippen MR) is 91.7 cm³/mol. The summed E-state index contributed by atoms with van der Waals surface area (Å²) in [6, 6.07) is 11.9. The number of methoxy groups -OCH3 is 2. The summed E-state index contributed by atoms with van der Waals surface area (Å²) in [5.74, 6) is 1.43. The molecule has 2 aromatic rings. The molecule has 1 heterocycles. The van der Waals surface area contributed by atoms with Crippen LogP contribution >= 0.6 is 11.8 Å². The summed E-state index contributed by atoms with van der Waals surface area (Å²) in [7, 11) is 3.19. The van der Waals surface area contributed by atoms with Crippen molar-refractivity contribution in [2.75, 3.05) is 20.0 Å². The van der Waals surface area contributed by atoms with Gasteiger partial charge in [0.25, 0.3) is 0 Å². The van der Waals surface area contributed by atoms with Crippen LogP contribution in [-0.2, 0) is 11.3 Å². The zero-order chi connectivity index (χ0) is 17.1. The molecular weight excluding hydrogens is 329 g/mol. The number of halogens is 1. The number of nitrogens with zero attached hydrogens (tertiary/aromatic N) is 1. The molecule has 1 fully saturated rings. The average molecular weight is 347 g/mol. The second-order valence-electron chi connectivity index (χ2n) is 5.39. The fourth-order valence-corrected chi connectivity index (χ4v) is 4.06. The minimum atomic E-state index is -0.307. The molecule has 0 aromatic heterocycles. The Bertz CT molecular complexity index is 731. The molecule has 1 aliphatic rings. The average Bonchev–Trinajstić information content (AvgIpc) is 2.94. The molecule has 3 rings (SSSR count). The van der Waals surface area contributed by atoms with Gasteiger partial charge in [-0.1, -0.05) is 18.2 Å². The zero-order valence-corrected chi connectivity index (χ0v) is 14.3. The summed E-state index contributed by atoms with van der Waals surface area (Å²) in [4.78, 5) is 14.1. The van der Waals surface area contributed by atoms with Crippen molar-refractivity contribution in [2.45, 2.75) is 11.9 Å². The van der Waals surface area contributed by atoms with Crippen LogP contribution in [0.2, 0.25) is 0 Å². The Morgan fingerprint density at radius 2 is 1.83 bits per heavy atom. The van der Waals surface area contributed by atoms with Gasteiger partial charge in [-0.3, -0.25) is 4.79 Å². The molecule has 24 heavy (non-hydrogen) atoms. The number of hydrogen-bond acceptors (Lipinski definition) is 4. The van der Waals surface area contributed by atoms with E-state index in [2.05, 4.69) is 0 Å². The summed E-state index contributed by atoms with van der Waals surface area (Å²) in [6.07, 6.45) is 0. The van der Waals surface area contributed by atoms with Crippen LogP contribution in [0.1, 0.15) is 16.5 Å². The van der Waals surface area contributed by atoms with Crippen molar-refractivity contribution < 1.29 is 18.7 Å². The van der Waals surface area contributed by atoms with Crippen molar-refractivity contribution >= 4 is 17.7 Å². The number of hydrogen-bond donors (Lipinski definition) is 0. The van der Waals surface area contributed by atoms with E-state index in [-0.39, 0.29) is 17.1 Å². The van der Waals surface area contributed by atoms with E-state index in [1.807, 2.05) is 24.3 Å². The van der Waals surface area contributed by atoms with Gasteiger partial charge < -0.3 is 14.4 Å². The highest BCUT2D eigenvalue weighted by Gasteiger charge is 2.36. The fourth-order valence-electron chi connectivity index (χ4n) is 2.82. The summed E-state index contributed by atoms with van der Waals surface area (Å²) >= 11 is 1.52. The number of rotatable bonds is 5. The van der Waals surface area contributed by atoms with Crippen molar-refractivity contribution in [1.29, 1.82) is 0 Å². The number of carbonyl (C=O) groups excluding carboxylic acids is 1. The molecule has 0 bridgehead atoms. The lowest BCUT2D eigenvalue weighted by molar-refractivity contribution is -0.128. The Balaban J connectivity index is 1.97. The van der Waals surface area contributed by atoms with Crippen LogP contribution in [0.3, 0.4) is 0 Å². The number of thioether (sulfide) groups is 1. The van der Waals surface area contributed by atoms with E-state index in [9.17, 15) is 9.18 Å². The monoisotopic (exact) mass is 347 g/mol. The summed E-state index contributed by atoms with van der Waals surface area (Å²) in [5, 5.41) is -0.230. The quantitative estimate of drug-likeness (QED) is 0.828. The third kappa shape index (κ3) is 3.19. The van der Waals surface area contributed by atoms with E-state index in [1.165, 1.54) is 23.9 Å². The number of benzene rings is 2. The van der Waals surface area contributed by atoms with Gasteiger partial charge in [-0.15, -0.1) is 11.8 Å². The van der Waals surface area contributed by atoms with E-state index in [0.29, 0.717) is 23.8 Å². The maximum Gasteiger partial charge on any atom is 0.234 e. The lowest BCUT2D eigenvalue weighted by Crippen LogP contribution is -2.28. The molecule has 1 unspecified atom stereocenters. The molecule has 0 radical (unpaired) electrons. The Kier molecular flexibility index (Phi) is 4.94. The Hall–Kier alpha value is -2.21. The van der Waals surface area contributed by atoms with Gasteiger partial charge in [-0.2, -0.15) is 0 Å². The van der Waals surface area contributed by atoms with Crippen LogP contribution in [-0.4, -0.2) is 30.8 Å². The standard InChI is InChI=1S/C18H18FNO3S/c1-22-14-7-4-8-15(23-2)17(14)18-20(16(21)11-24-18)10-12-5-3-6-13(19)9-12/h3-9,18H,10-11H2,1-2H3. The van der Waals surface area contributed by atoms with Gasteiger partial charge in [0.1, 0.15) is 22.7 Å². The second-order valence-corrected chi connectivity index (χ2v) is 6.46. The Morgan fingerprint density at radius 3 is 2.46 bits per heavy atom. The molecule has 1 aliphatic heterocycles. The number of ether oxygens (including phenoxy) is 2. The zero-order valence-electron chi connectivity index (χ0n) is 13.5. The van der Waals surface area contributed by atoms with Gasteiger partial charge in [0.2, 0.25) is 5.91 Å². The highest BCUT2D eigenvalue weighted by Crippen LogP contribution is 2.47. The molecule has 2 aromatic carbocycles. The molecule has 0 aliphatic carbocycles. The summed E-state index contributed by atoms with van der Waals surface area (Å²) < 4.78 is 24.4. The normalized spacial score (nSPS) is 17.2. The molecule has 0 saturated carbocycles. The first-order chi connectivity index (χ1) is 11.6. The summed E-state index contributed by atoms with van der Waals surface area (Å²) in [5.41, 5.74) is 1.58. The lowest BCUT2D eigenvalue weighted by Gasteiger charge is -2.27. The van der Waals surface area contributed by atoms with E-state index < -0.39 is 0 Å². The van der Waals surface area contributed by atoms with Gasteiger partial charge in [0.05, 0.1) is 25.5 Å². The van der Waals surface area contributed by atoms with E-state index in [4.69, 9.17) is 9.47 Å². The van der Waals surface area contributed by atoms with Crippen molar-refractivity contribution in [3.63, 3.8) is 0 Å². The van der Waals surface area contributed by atoms with Crippen molar-refractivity contribution in [3.05, 3.63) is 59.4 Å². The number of amides is 1. The van der Waals surface area contributed by atoms with Crippen LogP contribution in [0.5, 0.6) is 11.5 Å². The highest BCUT2D eigenvalue weighted by molar-refractivity contribution is 8.00. The predicted octanol–water partition coefficient (Wildman–Crippen LogP) is 3.62. The van der Waals surface area contributed by atoms with Gasteiger partial charge in [0.15, 0.2) is 0 Å². The van der Waals surface area contributed by atoms with Gasteiger partial charge in [-0.05, 0) is 29.8 Å². The first-order valence-electron chi connectivity index (χ1n) is 7.50. The fraction of sp³-hybridized carbons (Fsp3) is 0.278. The second kappa shape index (κ2) is 7.13. The van der Waals surface area contributed by atoms with Crippen LogP contribution < -0.4 is 9.47 Å². The molecular formula is C18H18FNO3S. The largest absolute Gasteiger partial charge is 0.496 e. The molecule has 0 N–H and O–H groups in total. The first kappa shape index (κ1) is 16.6. The molecule has 1 saturated heterocycles. The molecule has 1 atom stereocenters. The lowest BCUT2D eigenvalue weighted by atomic mass is 10.1. The maximum absolute atomic E-state index is 13.4. The first-order valence-corrected chi connectivity index (χ1v) is 8.55. The Morgan fingerprint density at radius 1 is 1.17 bits per heavy atom. The third-order valence-corrected chi connectivity index (χ3v) is 5.14. The van der Waals surface area contributed by atoms with E-state index >= 15 is 0 Å². The third-order valence-electron chi connectivity index (χ3n) is 3.92. The molecule has 126 valence electrons. The SMILES string of the molecule is COc1cccc(OC)c1C1SCC(=O)N1Cc1cccc(F)c1. The maximum atomic E-state index is 13.4. The minimum Gasteiger partial charge on any atom is -0.496 e. The van der Waals surface area contributed by atoms with Crippen molar-refractivity contribution in [2.24, 2.45) is 0 Å². The van der Waals surface area contributed by atoms with Crippen LogP contribution in [0.15, 0.2) is 42.5 Å². The molecule has 4 nitrogen and oxygen atoms in total. The van der Waals surface area contributed by atoms with Gasteiger partial charge in [-0.25, -0.2) is 4.39 Å². The van der Waals surface area contributed by atoms with Crippen LogP contribution in [0, 0.1) is 5.82 Å². The minimum absolute atomic E-state index is 0.0159. The van der Waals surface area contributed by atoms with Crippen LogP contribution in [0.25, 0.3) is 0 Å². The topological polar surface area (TPSA) is 38.8 Å². The smallest absolute Gasteiger partial charge is 0.234 e. The summed E-state index contributed by atoms with van der Waals surface area (Å²) in [6.45, 7) is 0.343. The Labute approximate surface area is 144 Å². The van der Waals surface area contributed by atoms with Crippen molar-refractivity contribution in [3.8, 4) is 11.5 Å². The molecule has 0 spiro atoms. The van der Waals surface area contributed by atoms with E-state index in [0.717, 1.165) is 11.1 Å². The van der Waals surface area contributed by atoms with E-state index in [1.54, 1.807) is 25.2 Å². The highest BCUT2D eigenvalue weighted by atomic mass is 32.2. The van der Waals surface area contributed by atoms with Gasteiger partial charge >= 0.3 is 0 Å². The van der Waals surface area contributed by atoms with Crippen molar-refractivity contribution in [1.82, 2.24) is 4.90 Å².